The monoisotopic (exact) mass is 282 g/mol. The third-order valence-electron chi connectivity index (χ3n) is 5.33. The summed E-state index contributed by atoms with van der Waals surface area (Å²) in [7, 11) is 0. The number of rotatable bonds is 2. The van der Waals surface area contributed by atoms with Gasteiger partial charge >= 0.3 is 0 Å². The van der Waals surface area contributed by atoms with Crippen LogP contribution in [0, 0.1) is 0 Å². The van der Waals surface area contributed by atoms with Crippen molar-refractivity contribution in [1.82, 2.24) is 10.2 Å². The lowest BCUT2D eigenvalue weighted by atomic mass is 9.91. The van der Waals surface area contributed by atoms with Crippen LogP contribution in [-0.4, -0.2) is 40.1 Å². The minimum Gasteiger partial charge on any atom is -0.322 e. The Morgan fingerprint density at radius 3 is 2.58 bits per heavy atom. The topological polar surface area (TPSA) is 32.3 Å². The van der Waals surface area contributed by atoms with E-state index >= 15 is 0 Å². The molecule has 108 valence electrons. The fourth-order valence-corrected chi connectivity index (χ4v) is 5.38. The molecule has 19 heavy (non-hydrogen) atoms. The first kappa shape index (κ1) is 13.7. The zero-order valence-corrected chi connectivity index (χ0v) is 13.0. The van der Waals surface area contributed by atoms with Gasteiger partial charge in [0.15, 0.2) is 0 Å². The van der Waals surface area contributed by atoms with Gasteiger partial charge in [0.1, 0.15) is 0 Å². The van der Waals surface area contributed by atoms with Crippen LogP contribution in [0.5, 0.6) is 0 Å². The van der Waals surface area contributed by atoms with E-state index < -0.39 is 0 Å². The summed E-state index contributed by atoms with van der Waals surface area (Å²) in [5, 5.41) is 4.28. The molecular weight excluding hydrogens is 256 g/mol. The van der Waals surface area contributed by atoms with Crippen LogP contribution in [0.25, 0.3) is 0 Å². The molecule has 0 aromatic heterocycles. The normalized spacial score (nSPS) is 38.3. The highest BCUT2D eigenvalue weighted by Gasteiger charge is 2.53. The number of amides is 1. The molecule has 2 saturated carbocycles. The van der Waals surface area contributed by atoms with Crippen molar-refractivity contribution >= 4 is 17.7 Å². The van der Waals surface area contributed by atoms with Crippen LogP contribution in [0.1, 0.15) is 58.3 Å². The van der Waals surface area contributed by atoms with E-state index in [9.17, 15) is 4.79 Å². The lowest BCUT2D eigenvalue weighted by Crippen LogP contribution is -2.50. The molecule has 1 aliphatic heterocycles. The molecule has 2 aliphatic carbocycles. The van der Waals surface area contributed by atoms with Gasteiger partial charge in [-0.3, -0.25) is 10.1 Å². The predicted molar refractivity (Wildman–Crippen MR) is 80.2 cm³/mol. The maximum atomic E-state index is 13.0. The molecule has 1 saturated heterocycles. The molecule has 3 aliphatic rings. The number of carbonyl (C=O) groups is 1. The van der Waals surface area contributed by atoms with Gasteiger partial charge in [0.25, 0.3) is 0 Å². The third-order valence-corrected chi connectivity index (χ3v) is 6.49. The molecule has 0 aromatic rings. The average Bonchev–Trinajstić information content (AvgIpc) is 2.97. The van der Waals surface area contributed by atoms with E-state index in [0.29, 0.717) is 17.2 Å². The number of carbonyl (C=O) groups excluding carboxylic acids is 1. The van der Waals surface area contributed by atoms with Crippen LogP contribution >= 0.6 is 11.8 Å². The van der Waals surface area contributed by atoms with Gasteiger partial charge in [0, 0.05) is 11.3 Å². The van der Waals surface area contributed by atoms with Gasteiger partial charge in [-0.1, -0.05) is 25.7 Å². The molecule has 3 fully saturated rings. The number of nitrogens with one attached hydrogen (secondary N) is 1. The smallest absolute Gasteiger partial charge is 0.244 e. The maximum absolute atomic E-state index is 13.0. The molecule has 3 unspecified atom stereocenters. The first-order valence-electron chi connectivity index (χ1n) is 7.81. The second kappa shape index (κ2) is 5.28. The molecule has 3 nitrogen and oxygen atoms in total. The highest BCUT2D eigenvalue weighted by molar-refractivity contribution is 7.99. The standard InChI is InChI=1S/C15H26N2OS/c1-11-16-15(9-5-6-10-15)14(18)17(11)12-7-3-4-8-13(12)19-2/h11-13,16H,3-10H2,1-2H3. The number of nitrogens with zero attached hydrogens (tertiary/aromatic N) is 1. The zero-order valence-electron chi connectivity index (χ0n) is 12.2. The van der Waals surface area contributed by atoms with Crippen molar-refractivity contribution in [1.29, 1.82) is 0 Å². The Morgan fingerprint density at radius 2 is 1.89 bits per heavy atom. The van der Waals surface area contributed by atoms with E-state index in [1.165, 1.54) is 38.5 Å². The van der Waals surface area contributed by atoms with Gasteiger partial charge in [0.2, 0.25) is 5.91 Å². The Morgan fingerprint density at radius 1 is 1.21 bits per heavy atom. The molecule has 0 aromatic carbocycles. The van der Waals surface area contributed by atoms with E-state index in [0.717, 1.165) is 12.8 Å². The van der Waals surface area contributed by atoms with Gasteiger partial charge in [-0.25, -0.2) is 0 Å². The summed E-state index contributed by atoms with van der Waals surface area (Å²) >= 11 is 1.95. The molecule has 3 atom stereocenters. The van der Waals surface area contributed by atoms with Gasteiger partial charge in [0.05, 0.1) is 11.7 Å². The van der Waals surface area contributed by atoms with Crippen molar-refractivity contribution < 1.29 is 4.79 Å². The van der Waals surface area contributed by atoms with Crippen molar-refractivity contribution in [3.8, 4) is 0 Å². The second-order valence-corrected chi connectivity index (χ2v) is 7.52. The highest BCUT2D eigenvalue weighted by Crippen LogP contribution is 2.40. The van der Waals surface area contributed by atoms with E-state index in [1.54, 1.807) is 0 Å². The fourth-order valence-electron chi connectivity index (χ4n) is 4.40. The lowest BCUT2D eigenvalue weighted by molar-refractivity contribution is -0.135. The predicted octanol–water partition coefficient (Wildman–Crippen LogP) is 2.75. The largest absolute Gasteiger partial charge is 0.322 e. The quantitative estimate of drug-likeness (QED) is 0.845. The van der Waals surface area contributed by atoms with Gasteiger partial charge in [-0.05, 0) is 38.9 Å². The van der Waals surface area contributed by atoms with Crippen molar-refractivity contribution in [2.24, 2.45) is 0 Å². The summed E-state index contributed by atoms with van der Waals surface area (Å²) in [6.07, 6.45) is 12.0. The summed E-state index contributed by atoms with van der Waals surface area (Å²) in [5.74, 6) is 0.406. The van der Waals surface area contributed by atoms with E-state index in [4.69, 9.17) is 0 Å². The van der Waals surface area contributed by atoms with Crippen LogP contribution in [-0.2, 0) is 4.79 Å². The molecule has 1 amide bonds. The molecular formula is C15H26N2OS. The van der Waals surface area contributed by atoms with Crippen molar-refractivity contribution in [2.45, 2.75) is 81.3 Å². The first-order chi connectivity index (χ1) is 9.18. The summed E-state index contributed by atoms with van der Waals surface area (Å²) < 4.78 is 0. The Kier molecular flexibility index (Phi) is 3.82. The summed E-state index contributed by atoms with van der Waals surface area (Å²) in [6, 6.07) is 0.457. The van der Waals surface area contributed by atoms with Crippen molar-refractivity contribution in [2.75, 3.05) is 6.26 Å². The number of thioether (sulfide) groups is 1. The van der Waals surface area contributed by atoms with Crippen LogP contribution in [0.4, 0.5) is 0 Å². The van der Waals surface area contributed by atoms with Gasteiger partial charge < -0.3 is 4.90 Å². The van der Waals surface area contributed by atoms with Crippen LogP contribution in [0.2, 0.25) is 0 Å². The van der Waals surface area contributed by atoms with Crippen LogP contribution in [0.15, 0.2) is 0 Å². The Labute approximate surface area is 120 Å². The molecule has 0 bridgehead atoms. The Hall–Kier alpha value is -0.220. The third kappa shape index (κ3) is 2.21. The SMILES string of the molecule is CSC1CCCCC1N1C(=O)C2(CCCC2)NC1C. The van der Waals surface area contributed by atoms with Crippen molar-refractivity contribution in [3.05, 3.63) is 0 Å². The summed E-state index contributed by atoms with van der Waals surface area (Å²) in [5.41, 5.74) is -0.195. The first-order valence-corrected chi connectivity index (χ1v) is 9.10. The minimum absolute atomic E-state index is 0.195. The summed E-state index contributed by atoms with van der Waals surface area (Å²) in [6.45, 7) is 2.18. The van der Waals surface area contributed by atoms with E-state index in [2.05, 4.69) is 23.4 Å². The minimum atomic E-state index is -0.195. The molecule has 4 heteroatoms. The molecule has 3 rings (SSSR count). The second-order valence-electron chi connectivity index (χ2n) is 6.45. The number of hydrogen-bond donors (Lipinski definition) is 1. The van der Waals surface area contributed by atoms with Gasteiger partial charge in [-0.15, -0.1) is 0 Å². The maximum Gasteiger partial charge on any atom is 0.244 e. The fraction of sp³-hybridized carbons (Fsp3) is 0.933. The Bertz CT molecular complexity index is 354. The number of hydrogen-bond acceptors (Lipinski definition) is 3. The highest BCUT2D eigenvalue weighted by atomic mass is 32.2. The molecule has 1 spiro atoms. The lowest BCUT2D eigenvalue weighted by Gasteiger charge is -2.39. The molecule has 0 radical (unpaired) electrons. The van der Waals surface area contributed by atoms with Crippen LogP contribution < -0.4 is 5.32 Å². The van der Waals surface area contributed by atoms with Crippen LogP contribution in [0.3, 0.4) is 0 Å². The Balaban J connectivity index is 1.81. The summed E-state index contributed by atoms with van der Waals surface area (Å²) in [4.78, 5) is 15.2. The van der Waals surface area contributed by atoms with Crippen molar-refractivity contribution in [3.63, 3.8) is 0 Å². The average molecular weight is 282 g/mol. The zero-order chi connectivity index (χ0) is 13.5. The molecule has 1 N–H and O–H groups in total. The van der Waals surface area contributed by atoms with E-state index in [1.807, 2.05) is 11.8 Å². The van der Waals surface area contributed by atoms with E-state index in [-0.39, 0.29) is 11.7 Å². The van der Waals surface area contributed by atoms with Gasteiger partial charge in [-0.2, -0.15) is 11.8 Å². The molecule has 1 heterocycles.